The Morgan fingerprint density at radius 1 is 1.09 bits per heavy atom. The van der Waals surface area contributed by atoms with Crippen molar-refractivity contribution < 1.29 is 0 Å². The van der Waals surface area contributed by atoms with Gasteiger partial charge in [0, 0.05) is 63.2 Å². The summed E-state index contributed by atoms with van der Waals surface area (Å²) >= 11 is 0. The molecule has 7 nitrogen and oxygen atoms in total. The smallest absolute Gasteiger partial charge is 0.191 e. The van der Waals surface area contributed by atoms with Crippen LogP contribution in [-0.2, 0) is 6.54 Å². The molecule has 2 heterocycles. The molecule has 1 saturated heterocycles. The summed E-state index contributed by atoms with van der Waals surface area (Å²) in [7, 11) is 0. The number of hydrogen-bond donors (Lipinski definition) is 2. The van der Waals surface area contributed by atoms with Crippen molar-refractivity contribution in [3.8, 4) is 0 Å². The van der Waals surface area contributed by atoms with E-state index in [1.54, 1.807) is 0 Å². The third kappa shape index (κ3) is 7.95. The number of para-hydroxylation sites is 1. The number of piperazine rings is 1. The molecule has 1 aromatic carbocycles. The van der Waals surface area contributed by atoms with Gasteiger partial charge in [-0.1, -0.05) is 18.2 Å². The molecule has 0 spiro atoms. The predicted molar refractivity (Wildman–Crippen MR) is 145 cm³/mol. The Bertz CT molecular complexity index is 813. The largest absolute Gasteiger partial charge is 0.369 e. The number of aryl methyl sites for hydroxylation is 3. The van der Waals surface area contributed by atoms with Crippen molar-refractivity contribution in [1.29, 1.82) is 0 Å². The Morgan fingerprint density at radius 2 is 1.81 bits per heavy atom. The number of halogens is 1. The zero-order chi connectivity index (χ0) is 22.1. The first-order valence-electron chi connectivity index (χ1n) is 11.6. The van der Waals surface area contributed by atoms with Gasteiger partial charge in [-0.05, 0) is 52.3 Å². The van der Waals surface area contributed by atoms with E-state index in [9.17, 15) is 0 Å². The average molecular weight is 554 g/mol. The third-order valence-corrected chi connectivity index (χ3v) is 5.86. The maximum Gasteiger partial charge on any atom is 0.191 e. The highest BCUT2D eigenvalue weighted by Gasteiger charge is 2.21. The van der Waals surface area contributed by atoms with Crippen LogP contribution in [0.5, 0.6) is 0 Å². The molecule has 3 rings (SSSR count). The first-order chi connectivity index (χ1) is 15.1. The van der Waals surface area contributed by atoms with Crippen LogP contribution < -0.4 is 15.5 Å². The summed E-state index contributed by atoms with van der Waals surface area (Å²) in [6.45, 7) is 16.3. The molecule has 8 heteroatoms. The van der Waals surface area contributed by atoms with Crippen LogP contribution in [0.4, 0.5) is 5.69 Å². The van der Waals surface area contributed by atoms with Gasteiger partial charge in [-0.15, -0.1) is 24.0 Å². The summed E-state index contributed by atoms with van der Waals surface area (Å²) in [5.74, 6) is 0.908. The van der Waals surface area contributed by atoms with Gasteiger partial charge >= 0.3 is 0 Å². The van der Waals surface area contributed by atoms with Crippen molar-refractivity contribution in [2.24, 2.45) is 4.99 Å². The van der Waals surface area contributed by atoms with Gasteiger partial charge in [0.15, 0.2) is 5.96 Å². The first kappa shape index (κ1) is 26.4. The Hall–Kier alpha value is -1.81. The van der Waals surface area contributed by atoms with Gasteiger partial charge in [0.25, 0.3) is 0 Å². The Morgan fingerprint density at radius 3 is 2.44 bits per heavy atom. The van der Waals surface area contributed by atoms with Gasteiger partial charge in [-0.3, -0.25) is 14.6 Å². The zero-order valence-electron chi connectivity index (χ0n) is 20.0. The standard InChI is InChI=1S/C24H39N7.HI/c1-5-25-24(26-12-9-13-31-21(3)18-20(2)28-31)27-19-22(4)29-14-16-30(17-15-29)23-10-7-6-8-11-23;/h6-8,10-11,18,22H,5,9,12-17,19H2,1-4H3,(H2,25,26,27);1H. The van der Waals surface area contributed by atoms with E-state index in [1.807, 2.05) is 6.92 Å². The minimum atomic E-state index is 0. The topological polar surface area (TPSA) is 60.7 Å². The lowest BCUT2D eigenvalue weighted by Gasteiger charge is -2.38. The van der Waals surface area contributed by atoms with Gasteiger partial charge < -0.3 is 15.5 Å². The maximum absolute atomic E-state index is 4.85. The van der Waals surface area contributed by atoms with E-state index in [4.69, 9.17) is 4.99 Å². The number of aromatic nitrogens is 2. The summed E-state index contributed by atoms with van der Waals surface area (Å²) in [6, 6.07) is 13.3. The highest BCUT2D eigenvalue weighted by atomic mass is 127. The second-order valence-corrected chi connectivity index (χ2v) is 8.36. The van der Waals surface area contributed by atoms with Crippen LogP contribution >= 0.6 is 24.0 Å². The molecule has 178 valence electrons. The number of rotatable bonds is 9. The van der Waals surface area contributed by atoms with E-state index in [1.165, 1.54) is 11.4 Å². The summed E-state index contributed by atoms with van der Waals surface area (Å²) in [4.78, 5) is 9.87. The highest BCUT2D eigenvalue weighted by molar-refractivity contribution is 14.0. The van der Waals surface area contributed by atoms with Crippen molar-refractivity contribution in [3.63, 3.8) is 0 Å². The Balaban J connectivity index is 0.00000363. The molecule has 2 N–H and O–H groups in total. The molecule has 1 aliphatic rings. The lowest BCUT2D eigenvalue weighted by molar-refractivity contribution is 0.201. The number of hydrogen-bond acceptors (Lipinski definition) is 4. The summed E-state index contributed by atoms with van der Waals surface area (Å²) in [6.07, 6.45) is 1.02. The molecule has 0 amide bonds. The van der Waals surface area contributed by atoms with Gasteiger partial charge in [-0.2, -0.15) is 5.10 Å². The zero-order valence-corrected chi connectivity index (χ0v) is 22.4. The van der Waals surface area contributed by atoms with E-state index >= 15 is 0 Å². The predicted octanol–water partition coefficient (Wildman–Crippen LogP) is 3.27. The minimum absolute atomic E-state index is 0. The molecule has 1 fully saturated rings. The second-order valence-electron chi connectivity index (χ2n) is 8.36. The monoisotopic (exact) mass is 553 g/mol. The molecule has 1 aliphatic heterocycles. The number of nitrogens with one attached hydrogen (secondary N) is 2. The van der Waals surface area contributed by atoms with Crippen LogP contribution in [0.3, 0.4) is 0 Å². The fraction of sp³-hybridized carbons (Fsp3) is 0.583. The number of nitrogens with zero attached hydrogens (tertiary/aromatic N) is 5. The van der Waals surface area contributed by atoms with Crippen molar-refractivity contribution in [2.75, 3.05) is 50.7 Å². The van der Waals surface area contributed by atoms with Gasteiger partial charge in [0.1, 0.15) is 0 Å². The van der Waals surface area contributed by atoms with E-state index in [0.717, 1.165) is 70.4 Å². The fourth-order valence-corrected chi connectivity index (χ4v) is 4.08. The number of guanidine groups is 1. The van der Waals surface area contributed by atoms with Crippen molar-refractivity contribution >= 4 is 35.6 Å². The average Bonchev–Trinajstić information content (AvgIpc) is 3.12. The molecule has 0 bridgehead atoms. The number of aliphatic imine (C=N–C) groups is 1. The molecule has 32 heavy (non-hydrogen) atoms. The SMILES string of the molecule is CCNC(=NCC(C)N1CCN(c2ccccc2)CC1)NCCCn1nc(C)cc1C.I. The lowest BCUT2D eigenvalue weighted by Crippen LogP contribution is -2.50. The molecule has 1 atom stereocenters. The van der Waals surface area contributed by atoms with Gasteiger partial charge in [0.05, 0.1) is 12.2 Å². The van der Waals surface area contributed by atoms with Crippen molar-refractivity contribution in [1.82, 2.24) is 25.3 Å². The summed E-state index contributed by atoms with van der Waals surface area (Å²) < 4.78 is 2.08. The van der Waals surface area contributed by atoms with Crippen LogP contribution in [0, 0.1) is 13.8 Å². The minimum Gasteiger partial charge on any atom is -0.369 e. The first-order valence-corrected chi connectivity index (χ1v) is 11.6. The van der Waals surface area contributed by atoms with Crippen LogP contribution in [0.25, 0.3) is 0 Å². The van der Waals surface area contributed by atoms with E-state index in [2.05, 4.69) is 87.4 Å². The normalized spacial score (nSPS) is 15.9. The van der Waals surface area contributed by atoms with Gasteiger partial charge in [0.2, 0.25) is 0 Å². The van der Waals surface area contributed by atoms with Crippen LogP contribution in [0.1, 0.15) is 31.7 Å². The summed E-state index contributed by atoms with van der Waals surface area (Å²) in [5.41, 5.74) is 3.63. The van der Waals surface area contributed by atoms with E-state index < -0.39 is 0 Å². The van der Waals surface area contributed by atoms with Crippen LogP contribution in [-0.4, -0.2) is 72.5 Å². The quantitative estimate of drug-likeness (QED) is 0.216. The third-order valence-electron chi connectivity index (χ3n) is 5.86. The molecule has 0 aliphatic carbocycles. The van der Waals surface area contributed by atoms with Crippen molar-refractivity contribution in [3.05, 3.63) is 47.8 Å². The molecule has 1 aromatic heterocycles. The molecular weight excluding hydrogens is 513 g/mol. The van der Waals surface area contributed by atoms with Crippen LogP contribution in [0.2, 0.25) is 0 Å². The Kier molecular flexibility index (Phi) is 11.3. The molecule has 0 radical (unpaired) electrons. The molecule has 1 unspecified atom stereocenters. The summed E-state index contributed by atoms with van der Waals surface area (Å²) in [5, 5.41) is 11.4. The number of anilines is 1. The maximum atomic E-state index is 4.85. The Labute approximate surface area is 210 Å². The molecular formula is C24H40IN7. The van der Waals surface area contributed by atoms with E-state index in [-0.39, 0.29) is 24.0 Å². The van der Waals surface area contributed by atoms with Crippen molar-refractivity contribution in [2.45, 2.75) is 46.7 Å². The van der Waals surface area contributed by atoms with E-state index in [0.29, 0.717) is 6.04 Å². The van der Waals surface area contributed by atoms with Gasteiger partial charge in [-0.25, -0.2) is 0 Å². The second kappa shape index (κ2) is 13.7. The fourth-order valence-electron chi connectivity index (χ4n) is 4.08. The molecule has 2 aromatic rings. The highest BCUT2D eigenvalue weighted by Crippen LogP contribution is 2.16. The lowest BCUT2D eigenvalue weighted by atomic mass is 10.2. The van der Waals surface area contributed by atoms with Crippen LogP contribution in [0.15, 0.2) is 41.4 Å². The molecule has 0 saturated carbocycles. The number of benzene rings is 1.